The van der Waals surface area contributed by atoms with E-state index in [1.165, 1.54) is 16.4 Å². The van der Waals surface area contributed by atoms with Crippen LogP contribution in [0.4, 0.5) is 18.9 Å². The number of halogens is 3. The van der Waals surface area contributed by atoms with Gasteiger partial charge in [0.25, 0.3) is 0 Å². The van der Waals surface area contributed by atoms with E-state index in [-0.39, 0.29) is 31.3 Å². The lowest BCUT2D eigenvalue weighted by molar-refractivity contribution is -0.137. The Morgan fingerprint density at radius 1 is 1.26 bits per heavy atom. The van der Waals surface area contributed by atoms with Crippen LogP contribution in [0.25, 0.3) is 0 Å². The highest BCUT2D eigenvalue weighted by Gasteiger charge is 2.52. The number of sulfonamides is 1. The number of nitriles is 1. The maximum atomic E-state index is 13.5. The van der Waals surface area contributed by atoms with Crippen LogP contribution < -0.4 is 10.2 Å². The average molecular weight is 499 g/mol. The second-order valence-corrected chi connectivity index (χ2v) is 11.9. The van der Waals surface area contributed by atoms with E-state index in [1.54, 1.807) is 17.9 Å². The second kappa shape index (κ2) is 9.04. The summed E-state index contributed by atoms with van der Waals surface area (Å²) in [6.07, 6.45) is -1.58. The van der Waals surface area contributed by atoms with E-state index in [0.29, 0.717) is 37.5 Å². The number of piperidine rings is 1. The number of alkyl halides is 3. The van der Waals surface area contributed by atoms with Crippen molar-refractivity contribution in [2.75, 3.05) is 43.4 Å². The largest absolute Gasteiger partial charge is 0.417 e. The summed E-state index contributed by atoms with van der Waals surface area (Å²) in [5.41, 5.74) is -1.65. The fourth-order valence-corrected chi connectivity index (χ4v) is 6.28. The summed E-state index contributed by atoms with van der Waals surface area (Å²) in [7, 11) is -3.35. The zero-order chi connectivity index (χ0) is 24.7. The molecule has 0 aromatic heterocycles. The molecule has 2 heterocycles. The Morgan fingerprint density at radius 3 is 2.50 bits per heavy atom. The van der Waals surface area contributed by atoms with E-state index in [4.69, 9.17) is 5.26 Å². The smallest absolute Gasteiger partial charge is 0.370 e. The average Bonchev–Trinajstić information content (AvgIpc) is 3.57. The first-order valence-electron chi connectivity index (χ1n) is 11.6. The van der Waals surface area contributed by atoms with Crippen LogP contribution in [0.5, 0.6) is 0 Å². The summed E-state index contributed by atoms with van der Waals surface area (Å²) in [6, 6.07) is 5.23. The van der Waals surface area contributed by atoms with Gasteiger partial charge in [0.1, 0.15) is 0 Å². The highest BCUT2D eigenvalue weighted by Crippen LogP contribution is 2.47. The van der Waals surface area contributed by atoms with Crippen LogP contribution in [0.3, 0.4) is 0 Å². The molecule has 3 aliphatic rings. The van der Waals surface area contributed by atoms with Gasteiger partial charge in [-0.3, -0.25) is 4.79 Å². The van der Waals surface area contributed by atoms with Gasteiger partial charge in [0.15, 0.2) is 0 Å². The first kappa shape index (κ1) is 24.8. The SMILES string of the molecule is CCS(=O)(=O)N1CCC2(CC1)CN(c1ccc(C#N)c(C(F)(F)F)c1)CC2C(=O)NCC1CC1. The molecule has 1 atom stereocenters. The Hall–Kier alpha value is -2.32. The number of carbonyl (C=O) groups is 1. The maximum absolute atomic E-state index is 13.5. The molecule has 1 aliphatic carbocycles. The van der Waals surface area contributed by atoms with Gasteiger partial charge in [0, 0.05) is 43.8 Å². The molecule has 1 unspecified atom stereocenters. The molecular weight excluding hydrogens is 469 g/mol. The Morgan fingerprint density at radius 2 is 1.94 bits per heavy atom. The van der Waals surface area contributed by atoms with E-state index in [0.717, 1.165) is 18.9 Å². The van der Waals surface area contributed by atoms with E-state index in [9.17, 15) is 26.4 Å². The fraction of sp³-hybridized carbons (Fsp3) is 0.652. The molecule has 2 aliphatic heterocycles. The number of rotatable bonds is 6. The Balaban J connectivity index is 1.61. The molecule has 3 fully saturated rings. The van der Waals surface area contributed by atoms with Crippen molar-refractivity contribution >= 4 is 21.6 Å². The van der Waals surface area contributed by atoms with Gasteiger partial charge in [-0.1, -0.05) is 0 Å². The van der Waals surface area contributed by atoms with Crippen LogP contribution in [0.15, 0.2) is 18.2 Å². The van der Waals surface area contributed by atoms with Crippen LogP contribution in [0.1, 0.15) is 43.7 Å². The fourth-order valence-electron chi connectivity index (χ4n) is 5.18. The van der Waals surface area contributed by atoms with Gasteiger partial charge >= 0.3 is 6.18 Å². The van der Waals surface area contributed by atoms with Gasteiger partial charge < -0.3 is 10.2 Å². The third-order valence-corrected chi connectivity index (χ3v) is 9.38. The van der Waals surface area contributed by atoms with Crippen LogP contribution in [0, 0.1) is 28.6 Å². The van der Waals surface area contributed by atoms with Crippen LogP contribution in [0.2, 0.25) is 0 Å². The molecule has 1 saturated carbocycles. The highest BCUT2D eigenvalue weighted by molar-refractivity contribution is 7.89. The third kappa shape index (κ3) is 4.89. The molecule has 2 saturated heterocycles. The van der Waals surface area contributed by atoms with E-state index in [2.05, 4.69) is 5.32 Å². The lowest BCUT2D eigenvalue weighted by atomic mass is 9.71. The van der Waals surface area contributed by atoms with Gasteiger partial charge in [-0.25, -0.2) is 12.7 Å². The van der Waals surface area contributed by atoms with Gasteiger partial charge in [0.05, 0.1) is 28.9 Å². The van der Waals surface area contributed by atoms with Crippen molar-refractivity contribution < 1.29 is 26.4 Å². The molecule has 186 valence electrons. The normalized spacial score (nSPS) is 23.1. The maximum Gasteiger partial charge on any atom is 0.417 e. The van der Waals surface area contributed by atoms with Gasteiger partial charge in [-0.15, -0.1) is 0 Å². The molecule has 4 rings (SSSR count). The number of nitrogens with zero attached hydrogens (tertiary/aromatic N) is 3. The van der Waals surface area contributed by atoms with Crippen molar-refractivity contribution in [3.05, 3.63) is 29.3 Å². The minimum atomic E-state index is -4.67. The Bertz CT molecular complexity index is 1090. The number of amides is 1. The van der Waals surface area contributed by atoms with Gasteiger partial charge in [0.2, 0.25) is 15.9 Å². The lowest BCUT2D eigenvalue weighted by Crippen LogP contribution is -2.50. The molecular formula is C23H29F3N4O3S. The summed E-state index contributed by atoms with van der Waals surface area (Å²) < 4.78 is 66.7. The molecule has 0 bridgehead atoms. The Labute approximate surface area is 197 Å². The van der Waals surface area contributed by atoms with Crippen molar-refractivity contribution in [1.82, 2.24) is 9.62 Å². The predicted molar refractivity (Wildman–Crippen MR) is 120 cm³/mol. The Kier molecular flexibility index (Phi) is 6.59. The molecule has 1 N–H and O–H groups in total. The third-order valence-electron chi connectivity index (χ3n) is 7.50. The summed E-state index contributed by atoms with van der Waals surface area (Å²) in [5, 5.41) is 12.1. The quantitative estimate of drug-likeness (QED) is 0.651. The number of hydrogen-bond donors (Lipinski definition) is 1. The van der Waals surface area contributed by atoms with Crippen molar-refractivity contribution in [3.63, 3.8) is 0 Å². The van der Waals surface area contributed by atoms with Crippen molar-refractivity contribution in [1.29, 1.82) is 5.26 Å². The molecule has 1 aromatic carbocycles. The van der Waals surface area contributed by atoms with Crippen LogP contribution in [-0.2, 0) is 21.0 Å². The summed E-state index contributed by atoms with van der Waals surface area (Å²) in [6.45, 7) is 3.37. The molecule has 1 aromatic rings. The van der Waals surface area contributed by atoms with Crippen molar-refractivity contribution in [3.8, 4) is 6.07 Å². The molecule has 34 heavy (non-hydrogen) atoms. The lowest BCUT2D eigenvalue weighted by Gasteiger charge is -2.41. The summed E-state index contributed by atoms with van der Waals surface area (Å²) in [5.74, 6) is -0.0847. The molecule has 0 radical (unpaired) electrons. The molecule has 1 spiro atoms. The highest BCUT2D eigenvalue weighted by atomic mass is 32.2. The standard InChI is InChI=1S/C23H29F3N4O3S/c1-2-34(32,33)30-9-7-22(8-10-30)15-29(14-20(22)21(31)28-13-16-3-4-16)18-6-5-17(12-27)19(11-18)23(24,25)26/h5-6,11,16,20H,2-4,7-10,13-15H2,1H3,(H,28,31). The van der Waals surface area contributed by atoms with Gasteiger partial charge in [-0.05, 0) is 56.7 Å². The van der Waals surface area contributed by atoms with E-state index >= 15 is 0 Å². The van der Waals surface area contributed by atoms with Crippen molar-refractivity contribution in [2.24, 2.45) is 17.3 Å². The summed E-state index contributed by atoms with van der Waals surface area (Å²) >= 11 is 0. The number of carbonyl (C=O) groups excluding carboxylic acids is 1. The second-order valence-electron chi connectivity index (χ2n) is 9.62. The van der Waals surface area contributed by atoms with Gasteiger partial charge in [-0.2, -0.15) is 18.4 Å². The zero-order valence-electron chi connectivity index (χ0n) is 19.1. The summed E-state index contributed by atoms with van der Waals surface area (Å²) in [4.78, 5) is 15.0. The topological polar surface area (TPSA) is 93.5 Å². The number of anilines is 1. The first-order chi connectivity index (χ1) is 16.0. The zero-order valence-corrected chi connectivity index (χ0v) is 19.9. The van der Waals surface area contributed by atoms with Crippen LogP contribution >= 0.6 is 0 Å². The van der Waals surface area contributed by atoms with Crippen molar-refractivity contribution in [2.45, 2.75) is 38.8 Å². The molecule has 7 nitrogen and oxygen atoms in total. The predicted octanol–water partition coefficient (Wildman–Crippen LogP) is 2.97. The number of hydrogen-bond acceptors (Lipinski definition) is 5. The van der Waals surface area contributed by atoms with E-state index < -0.39 is 38.7 Å². The van der Waals surface area contributed by atoms with Crippen LogP contribution in [-0.4, -0.2) is 57.1 Å². The first-order valence-corrected chi connectivity index (χ1v) is 13.2. The monoisotopic (exact) mass is 498 g/mol. The molecule has 11 heteroatoms. The number of nitrogens with one attached hydrogen (secondary N) is 1. The minimum absolute atomic E-state index is 0.00287. The minimum Gasteiger partial charge on any atom is -0.370 e. The molecule has 1 amide bonds. The number of benzene rings is 1. The van der Waals surface area contributed by atoms with E-state index in [1.807, 2.05) is 0 Å².